The molecule has 0 bridgehead atoms. The van der Waals surface area contributed by atoms with Gasteiger partial charge in [-0.25, -0.2) is 8.78 Å². The number of amides is 1. The number of carbonyl (C=O) groups excluding carboxylic acids is 1. The maximum absolute atomic E-state index is 13.2. The number of nitrogens with one attached hydrogen (secondary N) is 1. The Balaban J connectivity index is 1.87. The number of benzene rings is 1. The van der Waals surface area contributed by atoms with E-state index in [-0.39, 0.29) is 5.91 Å². The molecular weight excluding hydrogens is 286 g/mol. The number of nitrogens with two attached hydrogens (primary N) is 1. The largest absolute Gasteiger partial charge is 0.348 e. The number of halogens is 2. The molecule has 0 heterocycles. The van der Waals surface area contributed by atoms with Crippen LogP contribution in [-0.4, -0.2) is 11.9 Å². The maximum atomic E-state index is 13.2. The highest BCUT2D eigenvalue weighted by Crippen LogP contribution is 2.27. The Morgan fingerprint density at radius 2 is 1.95 bits per heavy atom. The van der Waals surface area contributed by atoms with Gasteiger partial charge >= 0.3 is 0 Å². The lowest BCUT2D eigenvalue weighted by atomic mass is 9.85. The summed E-state index contributed by atoms with van der Waals surface area (Å²) in [6.45, 7) is 1.73. The Kier molecular flexibility index (Phi) is 5.89. The summed E-state index contributed by atoms with van der Waals surface area (Å²) in [5.74, 6) is -1.52. The first-order chi connectivity index (χ1) is 10.5. The number of carbonyl (C=O) groups is 1. The van der Waals surface area contributed by atoms with Crippen molar-refractivity contribution in [3.05, 3.63) is 35.4 Å². The summed E-state index contributed by atoms with van der Waals surface area (Å²) in [5.41, 5.74) is 6.51. The number of rotatable bonds is 5. The molecule has 2 atom stereocenters. The van der Waals surface area contributed by atoms with Crippen LogP contribution in [0, 0.1) is 17.6 Å². The highest BCUT2D eigenvalue weighted by Gasteiger charge is 2.22. The first-order valence-corrected chi connectivity index (χ1v) is 7.98. The van der Waals surface area contributed by atoms with Gasteiger partial charge in [-0.1, -0.05) is 38.2 Å². The zero-order valence-corrected chi connectivity index (χ0v) is 12.9. The molecule has 2 unspecified atom stereocenters. The topological polar surface area (TPSA) is 55.1 Å². The molecule has 5 heteroatoms. The second-order valence-corrected chi connectivity index (χ2v) is 6.25. The van der Waals surface area contributed by atoms with Crippen molar-refractivity contribution in [1.29, 1.82) is 0 Å². The Morgan fingerprint density at radius 1 is 1.27 bits per heavy atom. The normalized spacial score (nSPS) is 18.7. The molecule has 1 aromatic carbocycles. The fourth-order valence-corrected chi connectivity index (χ4v) is 3.07. The Morgan fingerprint density at radius 3 is 2.59 bits per heavy atom. The summed E-state index contributed by atoms with van der Waals surface area (Å²) in [6.07, 6.45) is 6.66. The van der Waals surface area contributed by atoms with Crippen LogP contribution < -0.4 is 11.1 Å². The smallest absolute Gasteiger partial charge is 0.237 e. The molecule has 1 aliphatic carbocycles. The molecular formula is C17H24F2N2O. The molecule has 3 N–H and O–H groups in total. The zero-order valence-electron chi connectivity index (χ0n) is 12.9. The van der Waals surface area contributed by atoms with Crippen LogP contribution in [0.5, 0.6) is 0 Å². The van der Waals surface area contributed by atoms with Gasteiger partial charge in [0.15, 0.2) is 11.6 Å². The van der Waals surface area contributed by atoms with Gasteiger partial charge in [0.05, 0.1) is 12.1 Å². The van der Waals surface area contributed by atoms with Crippen molar-refractivity contribution in [1.82, 2.24) is 5.32 Å². The third-order valence-electron chi connectivity index (χ3n) is 4.45. The lowest BCUT2D eigenvalue weighted by Gasteiger charge is -2.25. The Labute approximate surface area is 130 Å². The van der Waals surface area contributed by atoms with E-state index in [0.717, 1.165) is 25.0 Å². The van der Waals surface area contributed by atoms with Crippen molar-refractivity contribution in [3.8, 4) is 0 Å². The fourth-order valence-electron chi connectivity index (χ4n) is 3.07. The summed E-state index contributed by atoms with van der Waals surface area (Å²) in [5, 5.41) is 2.78. The number of hydrogen-bond donors (Lipinski definition) is 2. The summed E-state index contributed by atoms with van der Waals surface area (Å²) in [6, 6.07) is 2.69. The van der Waals surface area contributed by atoms with E-state index in [1.807, 2.05) is 0 Å². The maximum Gasteiger partial charge on any atom is 0.237 e. The molecule has 1 aromatic rings. The van der Waals surface area contributed by atoms with E-state index in [1.165, 1.54) is 25.3 Å². The highest BCUT2D eigenvalue weighted by molar-refractivity contribution is 5.81. The van der Waals surface area contributed by atoms with Gasteiger partial charge in [0.25, 0.3) is 0 Å². The Bertz CT molecular complexity index is 515. The van der Waals surface area contributed by atoms with E-state index < -0.39 is 23.7 Å². The van der Waals surface area contributed by atoms with E-state index in [4.69, 9.17) is 5.73 Å². The van der Waals surface area contributed by atoms with E-state index >= 15 is 0 Å². The van der Waals surface area contributed by atoms with E-state index in [9.17, 15) is 13.6 Å². The zero-order chi connectivity index (χ0) is 16.1. The standard InChI is InChI=1S/C17H24F2N2O/c1-11(13-7-8-14(18)15(19)10-13)21-17(22)16(20)9-12-5-3-2-4-6-12/h7-8,10-12,16H,2-6,9,20H2,1H3,(H,21,22). The van der Waals surface area contributed by atoms with Crippen molar-refractivity contribution in [2.75, 3.05) is 0 Å². The Hall–Kier alpha value is -1.49. The van der Waals surface area contributed by atoms with Crippen LogP contribution in [0.2, 0.25) is 0 Å². The summed E-state index contributed by atoms with van der Waals surface area (Å²) in [7, 11) is 0. The van der Waals surface area contributed by atoms with Crippen molar-refractivity contribution in [3.63, 3.8) is 0 Å². The predicted molar refractivity (Wildman–Crippen MR) is 82.1 cm³/mol. The third kappa shape index (κ3) is 4.50. The van der Waals surface area contributed by atoms with Gasteiger partial charge in [-0.05, 0) is 37.0 Å². The molecule has 0 radical (unpaired) electrons. The highest BCUT2D eigenvalue weighted by atomic mass is 19.2. The minimum absolute atomic E-state index is 0.234. The van der Waals surface area contributed by atoms with Gasteiger partial charge in [0.2, 0.25) is 5.91 Å². The van der Waals surface area contributed by atoms with Crippen LogP contribution >= 0.6 is 0 Å². The van der Waals surface area contributed by atoms with Crippen LogP contribution in [-0.2, 0) is 4.79 Å². The SMILES string of the molecule is CC(NC(=O)C(N)CC1CCCCC1)c1ccc(F)c(F)c1. The summed E-state index contributed by atoms with van der Waals surface area (Å²) < 4.78 is 26.2. The van der Waals surface area contributed by atoms with Gasteiger partial charge in [-0.3, -0.25) is 4.79 Å². The summed E-state index contributed by atoms with van der Waals surface area (Å²) in [4.78, 5) is 12.1. The minimum Gasteiger partial charge on any atom is -0.348 e. The van der Waals surface area contributed by atoms with Crippen LogP contribution in [0.4, 0.5) is 8.78 Å². The molecule has 0 aliphatic heterocycles. The van der Waals surface area contributed by atoms with Gasteiger partial charge < -0.3 is 11.1 Å². The molecule has 1 amide bonds. The monoisotopic (exact) mass is 310 g/mol. The third-order valence-corrected chi connectivity index (χ3v) is 4.45. The first kappa shape index (κ1) is 16.9. The van der Waals surface area contributed by atoms with Crippen LogP contribution in [0.3, 0.4) is 0 Å². The fraction of sp³-hybridized carbons (Fsp3) is 0.588. The van der Waals surface area contributed by atoms with Crippen molar-refractivity contribution in [2.45, 2.75) is 57.5 Å². The predicted octanol–water partition coefficient (Wildman–Crippen LogP) is 3.44. The molecule has 1 aliphatic rings. The van der Waals surface area contributed by atoms with Crippen LogP contribution in [0.25, 0.3) is 0 Å². The van der Waals surface area contributed by atoms with Crippen LogP contribution in [0.1, 0.15) is 57.1 Å². The average Bonchev–Trinajstić information content (AvgIpc) is 2.50. The van der Waals surface area contributed by atoms with Crippen molar-refractivity contribution >= 4 is 5.91 Å². The van der Waals surface area contributed by atoms with Gasteiger partial charge in [-0.15, -0.1) is 0 Å². The average molecular weight is 310 g/mol. The van der Waals surface area contributed by atoms with Crippen molar-refractivity contribution in [2.24, 2.45) is 11.7 Å². The molecule has 1 fully saturated rings. The lowest BCUT2D eigenvalue weighted by molar-refractivity contribution is -0.123. The first-order valence-electron chi connectivity index (χ1n) is 7.98. The molecule has 22 heavy (non-hydrogen) atoms. The van der Waals surface area contributed by atoms with E-state index in [1.54, 1.807) is 6.92 Å². The molecule has 1 saturated carbocycles. The second kappa shape index (κ2) is 7.68. The number of hydrogen-bond acceptors (Lipinski definition) is 2. The minimum atomic E-state index is -0.912. The molecule has 3 nitrogen and oxygen atoms in total. The lowest BCUT2D eigenvalue weighted by Crippen LogP contribution is -2.42. The van der Waals surface area contributed by atoms with Gasteiger partial charge in [0.1, 0.15) is 0 Å². The van der Waals surface area contributed by atoms with Crippen LogP contribution in [0.15, 0.2) is 18.2 Å². The molecule has 0 saturated heterocycles. The van der Waals surface area contributed by atoms with E-state index in [2.05, 4.69) is 5.32 Å². The van der Waals surface area contributed by atoms with Crippen molar-refractivity contribution < 1.29 is 13.6 Å². The molecule has 0 spiro atoms. The van der Waals surface area contributed by atoms with E-state index in [0.29, 0.717) is 17.9 Å². The van der Waals surface area contributed by atoms with Gasteiger partial charge in [-0.2, -0.15) is 0 Å². The molecule has 0 aromatic heterocycles. The quantitative estimate of drug-likeness (QED) is 0.875. The summed E-state index contributed by atoms with van der Waals surface area (Å²) >= 11 is 0. The molecule has 122 valence electrons. The van der Waals surface area contributed by atoms with Gasteiger partial charge in [0, 0.05) is 0 Å². The second-order valence-electron chi connectivity index (χ2n) is 6.25. The molecule has 2 rings (SSSR count).